The summed E-state index contributed by atoms with van der Waals surface area (Å²) in [4.78, 5) is 87.4. The van der Waals surface area contributed by atoms with Gasteiger partial charge in [-0.3, -0.25) is 19.2 Å². The van der Waals surface area contributed by atoms with E-state index in [0.29, 0.717) is 31.4 Å². The molecule has 15 heteroatoms. The Bertz CT molecular complexity index is 1830. The molecule has 14 nitrogen and oxygen atoms in total. The van der Waals surface area contributed by atoms with Gasteiger partial charge in [0.1, 0.15) is 18.5 Å². The smallest absolute Gasteiger partial charge is 0.410 e. The predicted molar refractivity (Wildman–Crippen MR) is 241 cm³/mol. The first-order valence-corrected chi connectivity index (χ1v) is 22.5. The van der Waals surface area contributed by atoms with Crippen LogP contribution in [0, 0.1) is 35.4 Å². The molecule has 1 saturated heterocycles. The van der Waals surface area contributed by atoms with E-state index in [9.17, 15) is 33.2 Å². The minimum atomic E-state index is -1.04. The van der Waals surface area contributed by atoms with E-state index < -0.39 is 72.0 Å². The van der Waals surface area contributed by atoms with E-state index in [2.05, 4.69) is 5.32 Å². The average Bonchev–Trinajstić information content (AvgIpc) is 3.76. The summed E-state index contributed by atoms with van der Waals surface area (Å²) in [7, 11) is 7.47. The monoisotopic (exact) mass is 897 g/mol. The Balaban J connectivity index is 1.78. The van der Waals surface area contributed by atoms with E-state index in [-0.39, 0.29) is 61.2 Å². The van der Waals surface area contributed by atoms with Crippen LogP contribution >= 0.6 is 0 Å². The molecule has 0 spiro atoms. The van der Waals surface area contributed by atoms with Crippen molar-refractivity contribution in [3.8, 4) is 0 Å². The van der Waals surface area contributed by atoms with Gasteiger partial charge in [0.15, 0.2) is 5.78 Å². The van der Waals surface area contributed by atoms with Crippen LogP contribution in [0.5, 0.6) is 0 Å². The molecule has 2 aromatic rings. The highest BCUT2D eigenvalue weighted by Crippen LogP contribution is 2.31. The minimum absolute atomic E-state index is 0.0582. The predicted octanol–water partition coefficient (Wildman–Crippen LogP) is 6.47. The first kappa shape index (κ1) is 53.4. The Labute approximate surface area is 379 Å². The number of methoxy groups -OCH3 is 3. The molecule has 3 rings (SSSR count). The number of benzene rings is 2. The number of hydrogen-bond acceptors (Lipinski definition) is 10. The van der Waals surface area contributed by atoms with Crippen molar-refractivity contribution >= 4 is 35.6 Å². The second kappa shape index (κ2) is 25.6. The molecule has 9 atom stereocenters. The Hall–Kier alpha value is -4.89. The van der Waals surface area contributed by atoms with Gasteiger partial charge in [0.2, 0.25) is 17.7 Å². The molecule has 0 unspecified atom stereocenters. The number of rotatable bonds is 24. The second-order valence-electron chi connectivity index (χ2n) is 17.9. The Morgan fingerprint density at radius 3 is 2.02 bits per heavy atom. The maximum absolute atomic E-state index is 14.6. The largest absolute Gasteiger partial charge is 0.467 e. The first-order valence-electron chi connectivity index (χ1n) is 22.5. The number of halogens is 1. The van der Waals surface area contributed by atoms with Gasteiger partial charge in [0, 0.05) is 53.6 Å². The fourth-order valence-corrected chi connectivity index (χ4v) is 8.98. The zero-order valence-electron chi connectivity index (χ0n) is 40.0. The van der Waals surface area contributed by atoms with Gasteiger partial charge in [-0.2, -0.15) is 0 Å². The second-order valence-corrected chi connectivity index (χ2v) is 17.9. The molecule has 64 heavy (non-hydrogen) atoms. The SMILES string of the molecule is CC[C@H](C)[C@@H]([C@@H](CC(=O)N1CCC[C@H]1[C@H](OC)[C@@H](C)C(=O)N[C@@H](Cc1ccc(F)cc1)C(=O)OC)OC)N(C)C(=O)[C@@H](CC(=O)[C@H](C(C)C)N(C)C(=O)OCc1ccccc1)C(C)C. The van der Waals surface area contributed by atoms with Crippen LogP contribution in [0.1, 0.15) is 91.7 Å². The van der Waals surface area contributed by atoms with Gasteiger partial charge >= 0.3 is 12.1 Å². The van der Waals surface area contributed by atoms with Crippen molar-refractivity contribution in [2.45, 2.75) is 130 Å². The molecule has 1 N–H and O–H groups in total. The Morgan fingerprint density at radius 2 is 1.47 bits per heavy atom. The van der Waals surface area contributed by atoms with E-state index >= 15 is 0 Å². The lowest BCUT2D eigenvalue weighted by Gasteiger charge is -2.41. The molecule has 0 saturated carbocycles. The number of nitrogens with zero attached hydrogens (tertiary/aromatic N) is 3. The lowest BCUT2D eigenvalue weighted by Crippen LogP contribution is -2.55. The van der Waals surface area contributed by atoms with Gasteiger partial charge < -0.3 is 39.0 Å². The summed E-state index contributed by atoms with van der Waals surface area (Å²) in [6.07, 6.45) is -0.239. The van der Waals surface area contributed by atoms with Crippen molar-refractivity contribution in [3.63, 3.8) is 0 Å². The van der Waals surface area contributed by atoms with E-state index in [1.54, 1.807) is 30.8 Å². The molecule has 0 aromatic heterocycles. The Morgan fingerprint density at radius 1 is 0.828 bits per heavy atom. The molecule has 1 fully saturated rings. The molecule has 2 aromatic carbocycles. The van der Waals surface area contributed by atoms with Crippen molar-refractivity contribution < 1.29 is 52.1 Å². The topological polar surface area (TPSA) is 161 Å². The highest BCUT2D eigenvalue weighted by atomic mass is 19.1. The standard InChI is InChI=1S/C49H73FN4O10/c1-13-32(6)44(52(8)47(58)37(30(2)3)27-40(55)43(31(4)5)53(9)49(60)64-29-35-18-15-14-16-19-35)41(61-10)28-42(56)54-25-17-20-39(54)45(62-11)33(7)46(57)51-38(48(59)63-12)26-34-21-23-36(50)24-22-34/h14-16,18-19,21-24,30-33,37-39,41,43-45H,13,17,20,25-29H2,1-12H3,(H,51,57)/t32-,33+,37-,38-,39-,41+,43-,44-,45+/m0/s1. The normalized spacial score (nSPS) is 17.7. The van der Waals surface area contributed by atoms with Crippen LogP contribution in [-0.2, 0) is 55.9 Å². The molecule has 0 bridgehead atoms. The lowest BCUT2D eigenvalue weighted by molar-refractivity contribution is -0.150. The van der Waals surface area contributed by atoms with Crippen LogP contribution < -0.4 is 5.32 Å². The fraction of sp³-hybridized carbons (Fsp3) is 0.633. The summed E-state index contributed by atoms with van der Waals surface area (Å²) in [5, 5.41) is 2.78. The number of carbonyl (C=O) groups excluding carboxylic acids is 6. The van der Waals surface area contributed by atoms with E-state index in [1.165, 1.54) is 50.5 Å². The highest BCUT2D eigenvalue weighted by molar-refractivity contribution is 5.92. The van der Waals surface area contributed by atoms with Crippen LogP contribution in [-0.4, -0.2) is 129 Å². The van der Waals surface area contributed by atoms with Gasteiger partial charge in [0.05, 0.1) is 49.8 Å². The number of amides is 4. The van der Waals surface area contributed by atoms with Gasteiger partial charge in [-0.25, -0.2) is 14.0 Å². The van der Waals surface area contributed by atoms with E-state index in [0.717, 1.165) is 5.56 Å². The molecular weight excluding hydrogens is 824 g/mol. The number of nitrogens with one attached hydrogen (secondary N) is 1. The summed E-state index contributed by atoms with van der Waals surface area (Å²) in [5.74, 6) is -4.39. The average molecular weight is 897 g/mol. The number of likely N-dealkylation sites (tertiary alicyclic amines) is 1. The highest BCUT2D eigenvalue weighted by Gasteiger charge is 2.44. The summed E-state index contributed by atoms with van der Waals surface area (Å²) in [6, 6.07) is 12.0. The summed E-state index contributed by atoms with van der Waals surface area (Å²) < 4.78 is 36.0. The lowest BCUT2D eigenvalue weighted by atomic mass is 9.83. The molecule has 1 aliphatic rings. The minimum Gasteiger partial charge on any atom is -0.467 e. The first-order chi connectivity index (χ1) is 30.3. The molecule has 1 heterocycles. The van der Waals surface area contributed by atoms with Crippen molar-refractivity contribution in [2.75, 3.05) is 42.0 Å². The zero-order chi connectivity index (χ0) is 47.8. The van der Waals surface area contributed by atoms with Gasteiger partial charge in [-0.1, -0.05) is 97.4 Å². The summed E-state index contributed by atoms with van der Waals surface area (Å²) >= 11 is 0. The van der Waals surface area contributed by atoms with E-state index in [4.69, 9.17) is 18.9 Å². The molecule has 0 aliphatic carbocycles. The van der Waals surface area contributed by atoms with Crippen LogP contribution in [0.2, 0.25) is 0 Å². The van der Waals surface area contributed by atoms with Crippen LogP contribution in [0.4, 0.5) is 9.18 Å². The maximum Gasteiger partial charge on any atom is 0.410 e. The van der Waals surface area contributed by atoms with Crippen molar-refractivity contribution in [2.24, 2.45) is 29.6 Å². The molecule has 1 aliphatic heterocycles. The van der Waals surface area contributed by atoms with Crippen molar-refractivity contribution in [3.05, 3.63) is 71.5 Å². The number of likely N-dealkylation sites (N-methyl/N-ethyl adjacent to an activating group) is 2. The third-order valence-electron chi connectivity index (χ3n) is 12.8. The number of Topliss-reactive ketones (excluding diaryl/α,β-unsaturated/α-hetero) is 1. The summed E-state index contributed by atoms with van der Waals surface area (Å²) in [6.45, 7) is 13.7. The maximum atomic E-state index is 14.6. The number of carbonyl (C=O) groups is 6. The Kier molecular flexibility index (Phi) is 21.3. The molecule has 0 radical (unpaired) electrons. The van der Waals surface area contributed by atoms with Crippen LogP contribution in [0.25, 0.3) is 0 Å². The molecule has 356 valence electrons. The molecule has 4 amide bonds. The number of hydrogen-bond donors (Lipinski definition) is 1. The number of ether oxygens (including phenoxy) is 4. The van der Waals surface area contributed by atoms with Crippen molar-refractivity contribution in [1.29, 1.82) is 0 Å². The third kappa shape index (κ3) is 14.3. The molecular formula is C49H73FN4O10. The third-order valence-corrected chi connectivity index (χ3v) is 12.8. The number of esters is 1. The van der Waals surface area contributed by atoms with Gasteiger partial charge in [-0.05, 0) is 53.9 Å². The van der Waals surface area contributed by atoms with Crippen LogP contribution in [0.15, 0.2) is 54.6 Å². The quantitative estimate of drug-likeness (QED) is 0.116. The number of ketones is 1. The van der Waals surface area contributed by atoms with Crippen molar-refractivity contribution in [1.82, 2.24) is 20.0 Å². The van der Waals surface area contributed by atoms with Gasteiger partial charge in [-0.15, -0.1) is 0 Å². The fourth-order valence-electron chi connectivity index (χ4n) is 8.98. The zero-order valence-corrected chi connectivity index (χ0v) is 40.0. The van der Waals surface area contributed by atoms with Gasteiger partial charge in [0.25, 0.3) is 0 Å². The summed E-state index contributed by atoms with van der Waals surface area (Å²) in [5.41, 5.74) is 1.45. The van der Waals surface area contributed by atoms with E-state index in [1.807, 2.05) is 71.9 Å². The van der Waals surface area contributed by atoms with Crippen LogP contribution in [0.3, 0.4) is 0 Å².